The van der Waals surface area contributed by atoms with Crippen molar-refractivity contribution < 1.29 is 9.53 Å². The van der Waals surface area contributed by atoms with Crippen LogP contribution in [0, 0.1) is 5.92 Å². The van der Waals surface area contributed by atoms with E-state index in [1.807, 2.05) is 0 Å². The molecule has 0 bridgehead atoms. The van der Waals surface area contributed by atoms with Crippen LogP contribution in [-0.2, 0) is 9.53 Å². The summed E-state index contributed by atoms with van der Waals surface area (Å²) in [7, 11) is 0. The smallest absolute Gasteiger partial charge is 0.223 e. The zero-order chi connectivity index (χ0) is 15.4. The number of nitrogens with two attached hydrogens (primary N) is 1. The van der Waals surface area contributed by atoms with Crippen LogP contribution in [0.5, 0.6) is 0 Å². The Labute approximate surface area is 160 Å². The molecule has 3 unspecified atom stereocenters. The molecule has 1 saturated carbocycles. The number of ether oxygens (including phenoxy) is 1. The van der Waals surface area contributed by atoms with Crippen molar-refractivity contribution in [2.75, 3.05) is 32.8 Å². The Balaban J connectivity index is 0.00000144. The van der Waals surface area contributed by atoms with Crippen LogP contribution in [0.2, 0.25) is 0 Å². The number of amides is 1. The Bertz CT molecular complexity index is 484. The van der Waals surface area contributed by atoms with Crippen molar-refractivity contribution in [2.24, 2.45) is 11.7 Å². The lowest BCUT2D eigenvalue weighted by molar-refractivity contribution is -0.125. The first-order valence-electron chi connectivity index (χ1n) is 8.12. The molecular weight excluding hydrogens is 369 g/mol. The number of carbonyl (C=O) groups is 1. The first-order chi connectivity index (χ1) is 10.7. The lowest BCUT2D eigenvalue weighted by atomic mass is 10.1. The molecule has 0 radical (unpaired) electrons. The summed E-state index contributed by atoms with van der Waals surface area (Å²) >= 11 is 1.76. The van der Waals surface area contributed by atoms with Crippen LogP contribution in [0.4, 0.5) is 0 Å². The van der Waals surface area contributed by atoms with Gasteiger partial charge in [-0.3, -0.25) is 9.69 Å². The van der Waals surface area contributed by atoms with Crippen LogP contribution in [0.1, 0.15) is 30.2 Å². The summed E-state index contributed by atoms with van der Waals surface area (Å²) in [5.74, 6) is 0.270. The van der Waals surface area contributed by atoms with E-state index in [0.29, 0.717) is 6.54 Å². The predicted molar refractivity (Wildman–Crippen MR) is 102 cm³/mol. The van der Waals surface area contributed by atoms with Crippen molar-refractivity contribution in [3.63, 3.8) is 0 Å². The van der Waals surface area contributed by atoms with Gasteiger partial charge in [0.15, 0.2) is 0 Å². The number of halogens is 2. The quantitative estimate of drug-likeness (QED) is 0.801. The highest BCUT2D eigenvalue weighted by Crippen LogP contribution is 2.27. The highest BCUT2D eigenvalue weighted by Gasteiger charge is 2.29. The number of morpholine rings is 1. The van der Waals surface area contributed by atoms with E-state index < -0.39 is 0 Å². The van der Waals surface area contributed by atoms with Gasteiger partial charge in [-0.1, -0.05) is 6.07 Å². The van der Waals surface area contributed by atoms with Crippen molar-refractivity contribution in [1.82, 2.24) is 10.2 Å². The molecule has 24 heavy (non-hydrogen) atoms. The lowest BCUT2D eigenvalue weighted by Crippen LogP contribution is -2.44. The Morgan fingerprint density at radius 3 is 2.71 bits per heavy atom. The van der Waals surface area contributed by atoms with Crippen molar-refractivity contribution in [2.45, 2.75) is 31.3 Å². The third-order valence-corrected chi connectivity index (χ3v) is 5.65. The maximum absolute atomic E-state index is 12.3. The minimum atomic E-state index is 0. The molecule has 1 aromatic heterocycles. The molecule has 3 atom stereocenters. The van der Waals surface area contributed by atoms with Gasteiger partial charge in [-0.05, 0) is 30.7 Å². The molecule has 1 amide bonds. The van der Waals surface area contributed by atoms with Crippen molar-refractivity contribution in [1.29, 1.82) is 0 Å². The van der Waals surface area contributed by atoms with Crippen molar-refractivity contribution >= 4 is 42.1 Å². The fourth-order valence-electron chi connectivity index (χ4n) is 3.38. The summed E-state index contributed by atoms with van der Waals surface area (Å²) in [5.41, 5.74) is 5.91. The number of rotatable bonds is 5. The highest BCUT2D eigenvalue weighted by atomic mass is 35.5. The zero-order valence-corrected chi connectivity index (χ0v) is 16.1. The lowest BCUT2D eigenvalue weighted by Gasteiger charge is -2.34. The number of nitrogens with one attached hydrogen (secondary N) is 1. The van der Waals surface area contributed by atoms with E-state index in [4.69, 9.17) is 10.5 Å². The Morgan fingerprint density at radius 1 is 1.38 bits per heavy atom. The van der Waals surface area contributed by atoms with Gasteiger partial charge in [0.1, 0.15) is 0 Å². The fraction of sp³-hybridized carbons (Fsp3) is 0.688. The number of hydrogen-bond donors (Lipinski definition) is 2. The summed E-state index contributed by atoms with van der Waals surface area (Å²) in [4.78, 5) is 16.1. The first kappa shape index (κ1) is 21.7. The second-order valence-corrected chi connectivity index (χ2v) is 7.17. The van der Waals surface area contributed by atoms with Crippen LogP contribution in [0.25, 0.3) is 0 Å². The van der Waals surface area contributed by atoms with E-state index in [0.717, 1.165) is 45.6 Å². The molecule has 1 aliphatic heterocycles. The average Bonchev–Trinajstić information content (AvgIpc) is 3.20. The molecule has 5 nitrogen and oxygen atoms in total. The third-order valence-electron chi connectivity index (χ3n) is 4.67. The second-order valence-electron chi connectivity index (χ2n) is 6.19. The van der Waals surface area contributed by atoms with E-state index in [1.165, 1.54) is 4.88 Å². The molecular formula is C16H27Cl2N3O2S. The minimum absolute atomic E-state index is 0. The summed E-state index contributed by atoms with van der Waals surface area (Å²) in [6.07, 6.45) is 2.72. The molecule has 8 heteroatoms. The monoisotopic (exact) mass is 395 g/mol. The molecule has 3 N–H and O–H groups in total. The molecule has 3 rings (SSSR count). The summed E-state index contributed by atoms with van der Waals surface area (Å²) in [6.45, 7) is 4.06. The Morgan fingerprint density at radius 2 is 2.12 bits per heavy atom. The summed E-state index contributed by atoms with van der Waals surface area (Å²) < 4.78 is 5.45. The normalized spacial score (nSPS) is 25.4. The molecule has 2 aliphatic rings. The van der Waals surface area contributed by atoms with Gasteiger partial charge in [0.25, 0.3) is 0 Å². The van der Waals surface area contributed by atoms with Gasteiger partial charge in [0.05, 0.1) is 19.3 Å². The molecule has 1 aliphatic carbocycles. The van der Waals surface area contributed by atoms with Gasteiger partial charge in [0, 0.05) is 36.5 Å². The fourth-order valence-corrected chi connectivity index (χ4v) is 4.24. The van der Waals surface area contributed by atoms with E-state index in [2.05, 4.69) is 27.7 Å². The second kappa shape index (κ2) is 10.6. The summed E-state index contributed by atoms with van der Waals surface area (Å²) in [6, 6.07) is 4.68. The maximum atomic E-state index is 12.3. The third kappa shape index (κ3) is 5.58. The Hall–Kier alpha value is -0.370. The van der Waals surface area contributed by atoms with Gasteiger partial charge in [0.2, 0.25) is 5.91 Å². The van der Waals surface area contributed by atoms with Gasteiger partial charge >= 0.3 is 0 Å². The molecule has 138 valence electrons. The van der Waals surface area contributed by atoms with E-state index in [9.17, 15) is 4.79 Å². The zero-order valence-electron chi connectivity index (χ0n) is 13.7. The molecule has 1 saturated heterocycles. The van der Waals surface area contributed by atoms with Gasteiger partial charge in [-0.15, -0.1) is 36.2 Å². The van der Waals surface area contributed by atoms with E-state index in [-0.39, 0.29) is 48.7 Å². The highest BCUT2D eigenvalue weighted by molar-refractivity contribution is 7.10. The largest absolute Gasteiger partial charge is 0.379 e. The van der Waals surface area contributed by atoms with Gasteiger partial charge in [-0.2, -0.15) is 0 Å². The van der Waals surface area contributed by atoms with Crippen molar-refractivity contribution in [3.05, 3.63) is 22.4 Å². The molecule has 0 spiro atoms. The number of carbonyl (C=O) groups excluding carboxylic acids is 1. The van der Waals surface area contributed by atoms with Crippen LogP contribution in [0.3, 0.4) is 0 Å². The average molecular weight is 396 g/mol. The maximum Gasteiger partial charge on any atom is 0.223 e. The Kier molecular flexibility index (Phi) is 9.56. The number of thiophene rings is 1. The minimum Gasteiger partial charge on any atom is -0.379 e. The standard InChI is InChI=1S/C16H25N3O2S.2ClH/c17-13-4-3-12(10-13)16(20)18-11-14(15-2-1-9-22-15)19-5-7-21-8-6-19;;/h1-2,9,12-14H,3-8,10-11,17H2,(H,18,20);2*1H. The van der Waals surface area contributed by atoms with Crippen LogP contribution < -0.4 is 11.1 Å². The van der Waals surface area contributed by atoms with Gasteiger partial charge in [-0.25, -0.2) is 0 Å². The molecule has 1 aromatic rings. The van der Waals surface area contributed by atoms with Crippen LogP contribution >= 0.6 is 36.2 Å². The number of nitrogens with zero attached hydrogens (tertiary/aromatic N) is 1. The topological polar surface area (TPSA) is 67.6 Å². The van der Waals surface area contributed by atoms with E-state index in [1.54, 1.807) is 11.3 Å². The molecule has 2 fully saturated rings. The molecule has 2 heterocycles. The first-order valence-corrected chi connectivity index (χ1v) is 9.00. The van der Waals surface area contributed by atoms with E-state index >= 15 is 0 Å². The SMILES string of the molecule is Cl.Cl.NC1CCC(C(=O)NCC(c2cccs2)N2CCOCC2)C1. The summed E-state index contributed by atoms with van der Waals surface area (Å²) in [5, 5.41) is 5.26. The van der Waals surface area contributed by atoms with Crippen LogP contribution in [-0.4, -0.2) is 49.7 Å². The van der Waals surface area contributed by atoms with Gasteiger partial charge < -0.3 is 15.8 Å². The van der Waals surface area contributed by atoms with Crippen molar-refractivity contribution in [3.8, 4) is 0 Å². The van der Waals surface area contributed by atoms with Crippen LogP contribution in [0.15, 0.2) is 17.5 Å². The molecule has 0 aromatic carbocycles. The number of hydrogen-bond acceptors (Lipinski definition) is 5. The predicted octanol–water partition coefficient (Wildman–Crippen LogP) is 2.21.